The summed E-state index contributed by atoms with van der Waals surface area (Å²) in [5, 5.41) is 7.54. The molecule has 9 rings (SSSR count). The predicted octanol–water partition coefficient (Wildman–Crippen LogP) is 11.8. The van der Waals surface area contributed by atoms with Crippen molar-refractivity contribution in [2.24, 2.45) is 0 Å². The third-order valence-corrected chi connectivity index (χ3v) is 9.23. The Balaban J connectivity index is 1.25. The molecule has 0 saturated heterocycles. The highest BCUT2D eigenvalue weighted by Crippen LogP contribution is 2.44. The molecule has 0 N–H and O–H groups in total. The Labute approximate surface area is 267 Å². The van der Waals surface area contributed by atoms with Gasteiger partial charge in [-0.15, -0.1) is 0 Å². The van der Waals surface area contributed by atoms with Gasteiger partial charge >= 0.3 is 0 Å². The number of aryl methyl sites for hydroxylation is 1. The minimum atomic E-state index is 0.944. The van der Waals surface area contributed by atoms with Crippen LogP contribution in [-0.4, -0.2) is 9.55 Å². The molecule has 9 aromatic rings. The lowest BCUT2D eigenvalue weighted by molar-refractivity contribution is 1.10. The standard InChI is InChI=1S/C44H30N2/c1-29-19-26-41-40(27-29)45-44(46(41)35-13-3-2-4-14-35)32-23-21-31(22-24-32)42-36-15-7-9-17-38(36)43(39-18-10-8-16-37(39)42)34-25-20-30-11-5-6-12-33(30)28-34/h2-28H,1H3. The SMILES string of the molecule is Cc1ccc2c(c1)nc(-c1ccc(-c3c4ccccc4c(-c4ccc5ccccc5c4)c4ccccc34)cc1)n2-c1ccccc1. The second kappa shape index (κ2) is 10.6. The van der Waals surface area contributed by atoms with Crippen LogP contribution in [0.2, 0.25) is 0 Å². The lowest BCUT2D eigenvalue weighted by Gasteiger charge is -2.18. The Morgan fingerprint density at radius 2 is 0.978 bits per heavy atom. The van der Waals surface area contributed by atoms with E-state index >= 15 is 0 Å². The Kier molecular flexibility index (Phi) is 6.07. The minimum absolute atomic E-state index is 0.944. The molecule has 2 heteroatoms. The van der Waals surface area contributed by atoms with Gasteiger partial charge in [-0.25, -0.2) is 4.98 Å². The first-order valence-corrected chi connectivity index (χ1v) is 15.8. The van der Waals surface area contributed by atoms with Gasteiger partial charge < -0.3 is 0 Å². The first kappa shape index (κ1) is 26.4. The lowest BCUT2D eigenvalue weighted by Crippen LogP contribution is -1.97. The molecule has 0 bridgehead atoms. The quantitative estimate of drug-likeness (QED) is 0.188. The monoisotopic (exact) mass is 586 g/mol. The van der Waals surface area contributed by atoms with E-state index in [-0.39, 0.29) is 0 Å². The zero-order chi connectivity index (χ0) is 30.6. The van der Waals surface area contributed by atoms with E-state index in [1.807, 2.05) is 0 Å². The number of fused-ring (bicyclic) bond motifs is 4. The summed E-state index contributed by atoms with van der Waals surface area (Å²) in [6.07, 6.45) is 0. The molecule has 0 aliphatic carbocycles. The van der Waals surface area contributed by atoms with E-state index in [1.54, 1.807) is 0 Å². The van der Waals surface area contributed by atoms with Crippen LogP contribution >= 0.6 is 0 Å². The van der Waals surface area contributed by atoms with Gasteiger partial charge in [0.05, 0.1) is 11.0 Å². The summed E-state index contributed by atoms with van der Waals surface area (Å²) in [6.45, 7) is 2.12. The highest BCUT2D eigenvalue weighted by atomic mass is 15.1. The third kappa shape index (κ3) is 4.22. The number of benzene rings is 8. The minimum Gasteiger partial charge on any atom is -0.292 e. The van der Waals surface area contributed by atoms with Crippen molar-refractivity contribution in [1.29, 1.82) is 0 Å². The number of nitrogens with zero attached hydrogens (tertiary/aromatic N) is 2. The molecule has 0 saturated carbocycles. The van der Waals surface area contributed by atoms with Gasteiger partial charge in [-0.3, -0.25) is 4.57 Å². The van der Waals surface area contributed by atoms with Gasteiger partial charge in [-0.1, -0.05) is 133 Å². The van der Waals surface area contributed by atoms with Crippen LogP contribution in [0.25, 0.3) is 82.7 Å². The number of hydrogen-bond acceptors (Lipinski definition) is 1. The molecule has 46 heavy (non-hydrogen) atoms. The van der Waals surface area contributed by atoms with Gasteiger partial charge in [0.1, 0.15) is 5.82 Å². The molecule has 0 unspecified atom stereocenters. The van der Waals surface area contributed by atoms with E-state index in [0.717, 1.165) is 28.1 Å². The molecule has 0 amide bonds. The lowest BCUT2D eigenvalue weighted by atomic mass is 9.85. The fourth-order valence-corrected chi connectivity index (χ4v) is 7.10. The molecule has 1 aromatic heterocycles. The van der Waals surface area contributed by atoms with Crippen LogP contribution in [0.15, 0.2) is 164 Å². The molecule has 0 aliphatic rings. The molecule has 0 atom stereocenters. The van der Waals surface area contributed by atoms with E-state index in [2.05, 4.69) is 175 Å². The number of aromatic nitrogens is 2. The maximum absolute atomic E-state index is 5.15. The van der Waals surface area contributed by atoms with Gasteiger partial charge in [0.2, 0.25) is 0 Å². The zero-order valence-corrected chi connectivity index (χ0v) is 25.5. The van der Waals surface area contributed by atoms with Gasteiger partial charge in [0.25, 0.3) is 0 Å². The van der Waals surface area contributed by atoms with Crippen molar-refractivity contribution in [3.63, 3.8) is 0 Å². The summed E-state index contributed by atoms with van der Waals surface area (Å²) in [6, 6.07) is 59.2. The molecule has 1 heterocycles. The molecular formula is C44H30N2. The van der Waals surface area contributed by atoms with E-state index in [9.17, 15) is 0 Å². The summed E-state index contributed by atoms with van der Waals surface area (Å²) in [5.74, 6) is 0.944. The molecular weight excluding hydrogens is 556 g/mol. The number of hydrogen-bond donors (Lipinski definition) is 0. The van der Waals surface area contributed by atoms with Crippen molar-refractivity contribution >= 4 is 43.4 Å². The highest BCUT2D eigenvalue weighted by Gasteiger charge is 2.18. The van der Waals surface area contributed by atoms with Crippen molar-refractivity contribution in [3.8, 4) is 39.3 Å². The maximum atomic E-state index is 5.15. The Hall–Kier alpha value is -5.99. The Morgan fingerprint density at radius 1 is 0.435 bits per heavy atom. The predicted molar refractivity (Wildman–Crippen MR) is 195 cm³/mol. The third-order valence-electron chi connectivity index (χ3n) is 9.23. The summed E-state index contributed by atoms with van der Waals surface area (Å²) in [5.41, 5.74) is 10.5. The van der Waals surface area contributed by atoms with Gasteiger partial charge in [-0.2, -0.15) is 0 Å². The fraction of sp³-hybridized carbons (Fsp3) is 0.0227. The first-order chi connectivity index (χ1) is 22.7. The van der Waals surface area contributed by atoms with Crippen molar-refractivity contribution < 1.29 is 0 Å². The van der Waals surface area contributed by atoms with Crippen molar-refractivity contribution in [2.75, 3.05) is 0 Å². The molecule has 0 aliphatic heterocycles. The average Bonchev–Trinajstić information content (AvgIpc) is 3.49. The molecule has 8 aromatic carbocycles. The maximum Gasteiger partial charge on any atom is 0.145 e. The van der Waals surface area contributed by atoms with Crippen LogP contribution in [0.1, 0.15) is 5.56 Å². The van der Waals surface area contributed by atoms with E-state index < -0.39 is 0 Å². The zero-order valence-electron chi connectivity index (χ0n) is 25.5. The van der Waals surface area contributed by atoms with Crippen LogP contribution in [0.4, 0.5) is 0 Å². The van der Waals surface area contributed by atoms with Crippen LogP contribution in [0.5, 0.6) is 0 Å². The van der Waals surface area contributed by atoms with Crippen molar-refractivity contribution in [3.05, 3.63) is 169 Å². The second-order valence-electron chi connectivity index (χ2n) is 12.1. The van der Waals surface area contributed by atoms with E-state index in [4.69, 9.17) is 4.98 Å². The number of imidazole rings is 1. The van der Waals surface area contributed by atoms with E-state index in [0.29, 0.717) is 0 Å². The Bertz CT molecular complexity index is 2520. The van der Waals surface area contributed by atoms with Crippen LogP contribution < -0.4 is 0 Å². The summed E-state index contributed by atoms with van der Waals surface area (Å²) in [7, 11) is 0. The highest BCUT2D eigenvalue weighted by molar-refractivity contribution is 6.21. The average molecular weight is 587 g/mol. The summed E-state index contributed by atoms with van der Waals surface area (Å²) in [4.78, 5) is 5.15. The van der Waals surface area contributed by atoms with Crippen molar-refractivity contribution in [2.45, 2.75) is 6.92 Å². The second-order valence-corrected chi connectivity index (χ2v) is 12.1. The fourth-order valence-electron chi connectivity index (χ4n) is 7.10. The first-order valence-electron chi connectivity index (χ1n) is 15.8. The van der Waals surface area contributed by atoms with Crippen LogP contribution in [0, 0.1) is 6.92 Å². The molecule has 0 fully saturated rings. The number of rotatable bonds is 4. The Morgan fingerprint density at radius 3 is 1.65 bits per heavy atom. The van der Waals surface area contributed by atoms with Gasteiger partial charge in [0, 0.05) is 11.3 Å². The smallest absolute Gasteiger partial charge is 0.145 e. The molecule has 0 radical (unpaired) electrons. The molecule has 0 spiro atoms. The van der Waals surface area contributed by atoms with Crippen LogP contribution in [0.3, 0.4) is 0 Å². The summed E-state index contributed by atoms with van der Waals surface area (Å²) >= 11 is 0. The van der Waals surface area contributed by atoms with Crippen molar-refractivity contribution in [1.82, 2.24) is 9.55 Å². The summed E-state index contributed by atoms with van der Waals surface area (Å²) < 4.78 is 2.27. The normalized spacial score (nSPS) is 11.6. The molecule has 2 nitrogen and oxygen atoms in total. The van der Waals surface area contributed by atoms with Crippen LogP contribution in [-0.2, 0) is 0 Å². The topological polar surface area (TPSA) is 17.8 Å². The largest absolute Gasteiger partial charge is 0.292 e. The van der Waals surface area contributed by atoms with Gasteiger partial charge in [-0.05, 0) is 97.4 Å². The number of para-hydroxylation sites is 1. The molecule has 216 valence electrons. The van der Waals surface area contributed by atoms with Gasteiger partial charge in [0.15, 0.2) is 0 Å². The van der Waals surface area contributed by atoms with E-state index in [1.165, 1.54) is 60.1 Å².